The van der Waals surface area contributed by atoms with Gasteiger partial charge in [-0.25, -0.2) is 0 Å². The molecule has 1 aliphatic heterocycles. The van der Waals surface area contributed by atoms with Crippen LogP contribution in [0.1, 0.15) is 49.4 Å². The molecule has 4 nitrogen and oxygen atoms in total. The topological polar surface area (TPSA) is 46.3 Å². The van der Waals surface area contributed by atoms with Gasteiger partial charge < -0.3 is 9.42 Å². The van der Waals surface area contributed by atoms with Crippen molar-refractivity contribution in [1.82, 2.24) is 10.1 Å². The first-order chi connectivity index (χ1) is 8.08. The van der Waals surface area contributed by atoms with Crippen molar-refractivity contribution in [1.29, 1.82) is 0 Å². The molecule has 4 heteroatoms. The minimum Gasteiger partial charge on any atom is -0.361 e. The molecule has 1 fully saturated rings. The van der Waals surface area contributed by atoms with Gasteiger partial charge in [-0.2, -0.15) is 0 Å². The van der Waals surface area contributed by atoms with Gasteiger partial charge in [0, 0.05) is 18.7 Å². The summed E-state index contributed by atoms with van der Waals surface area (Å²) in [4.78, 5) is 14.3. The third kappa shape index (κ3) is 2.68. The lowest BCUT2D eigenvalue weighted by Crippen LogP contribution is -2.40. The zero-order valence-corrected chi connectivity index (χ0v) is 10.8. The van der Waals surface area contributed by atoms with Crippen LogP contribution in [0.3, 0.4) is 0 Å². The van der Waals surface area contributed by atoms with Crippen LogP contribution in [0.2, 0.25) is 0 Å². The van der Waals surface area contributed by atoms with Gasteiger partial charge >= 0.3 is 0 Å². The maximum Gasteiger partial charge on any atom is 0.276 e. The van der Waals surface area contributed by atoms with E-state index in [4.69, 9.17) is 4.52 Å². The molecule has 17 heavy (non-hydrogen) atoms. The SMILES string of the molecule is Cc1cc(C(=O)N2C[C@@H](C)CCC[C@H]2C)no1. The highest BCUT2D eigenvalue weighted by atomic mass is 16.5. The number of aromatic nitrogens is 1. The van der Waals surface area contributed by atoms with Crippen LogP contribution in [-0.2, 0) is 0 Å². The summed E-state index contributed by atoms with van der Waals surface area (Å²) in [6, 6.07) is 2.01. The van der Waals surface area contributed by atoms with Crippen LogP contribution >= 0.6 is 0 Å². The highest BCUT2D eigenvalue weighted by Crippen LogP contribution is 2.22. The Morgan fingerprint density at radius 3 is 2.88 bits per heavy atom. The number of likely N-dealkylation sites (tertiary alicyclic amines) is 1. The molecule has 2 heterocycles. The molecular formula is C13H20N2O2. The standard InChI is InChI=1S/C13H20N2O2/c1-9-5-4-6-10(2)15(8-9)13(16)12-7-11(3)17-14-12/h7,9-10H,4-6,8H2,1-3H3/t9-,10+/m0/s1. The van der Waals surface area contributed by atoms with Gasteiger partial charge in [-0.1, -0.05) is 18.5 Å². The van der Waals surface area contributed by atoms with E-state index in [9.17, 15) is 4.79 Å². The molecule has 0 unspecified atom stereocenters. The lowest BCUT2D eigenvalue weighted by Gasteiger charge is -2.27. The molecule has 0 radical (unpaired) electrons. The van der Waals surface area contributed by atoms with Crippen LogP contribution in [0, 0.1) is 12.8 Å². The fourth-order valence-corrected chi connectivity index (χ4v) is 2.42. The van der Waals surface area contributed by atoms with E-state index in [2.05, 4.69) is 19.0 Å². The Hall–Kier alpha value is -1.32. The van der Waals surface area contributed by atoms with Crippen molar-refractivity contribution in [2.45, 2.75) is 46.1 Å². The van der Waals surface area contributed by atoms with Gasteiger partial charge in [0.15, 0.2) is 5.69 Å². The first-order valence-electron chi connectivity index (χ1n) is 6.32. The second-order valence-electron chi connectivity index (χ2n) is 5.17. The smallest absolute Gasteiger partial charge is 0.276 e. The third-order valence-electron chi connectivity index (χ3n) is 3.47. The van der Waals surface area contributed by atoms with Crippen LogP contribution in [0.4, 0.5) is 0 Å². The molecule has 1 amide bonds. The maximum absolute atomic E-state index is 12.3. The van der Waals surface area contributed by atoms with E-state index in [1.807, 2.05) is 4.90 Å². The Morgan fingerprint density at radius 2 is 2.24 bits per heavy atom. The van der Waals surface area contributed by atoms with E-state index >= 15 is 0 Å². The summed E-state index contributed by atoms with van der Waals surface area (Å²) in [6.07, 6.45) is 3.48. The highest BCUT2D eigenvalue weighted by Gasteiger charge is 2.27. The zero-order valence-electron chi connectivity index (χ0n) is 10.8. The fourth-order valence-electron chi connectivity index (χ4n) is 2.42. The fraction of sp³-hybridized carbons (Fsp3) is 0.692. The van der Waals surface area contributed by atoms with Gasteiger partial charge in [0.1, 0.15) is 5.76 Å². The summed E-state index contributed by atoms with van der Waals surface area (Å²) in [5.74, 6) is 1.25. The minimum absolute atomic E-state index is 0.00287. The van der Waals surface area contributed by atoms with E-state index in [0.29, 0.717) is 23.4 Å². The van der Waals surface area contributed by atoms with Gasteiger partial charge in [0.2, 0.25) is 0 Å². The predicted molar refractivity (Wildman–Crippen MR) is 64.8 cm³/mol. The Labute approximate surface area is 102 Å². The Morgan fingerprint density at radius 1 is 1.47 bits per heavy atom. The van der Waals surface area contributed by atoms with Crippen molar-refractivity contribution in [2.24, 2.45) is 5.92 Å². The normalized spacial score (nSPS) is 25.7. The van der Waals surface area contributed by atoms with Crippen molar-refractivity contribution in [3.8, 4) is 0 Å². The molecule has 1 aromatic rings. The number of amides is 1. The van der Waals surface area contributed by atoms with E-state index in [1.165, 1.54) is 12.8 Å². The van der Waals surface area contributed by atoms with Crippen molar-refractivity contribution in [3.63, 3.8) is 0 Å². The van der Waals surface area contributed by atoms with Crippen LogP contribution in [0.15, 0.2) is 10.6 Å². The molecule has 1 saturated heterocycles. The van der Waals surface area contributed by atoms with Crippen molar-refractivity contribution in [3.05, 3.63) is 17.5 Å². The van der Waals surface area contributed by atoms with Crippen LogP contribution < -0.4 is 0 Å². The average molecular weight is 236 g/mol. The van der Waals surface area contributed by atoms with Gasteiger partial charge in [-0.3, -0.25) is 4.79 Å². The summed E-state index contributed by atoms with van der Waals surface area (Å²) in [6.45, 7) is 6.94. The molecule has 0 spiro atoms. The molecule has 0 N–H and O–H groups in total. The third-order valence-corrected chi connectivity index (χ3v) is 3.47. The predicted octanol–water partition coefficient (Wildman–Crippen LogP) is 2.63. The van der Waals surface area contributed by atoms with Crippen molar-refractivity contribution < 1.29 is 9.32 Å². The molecule has 0 aliphatic carbocycles. The van der Waals surface area contributed by atoms with Gasteiger partial charge in [-0.05, 0) is 32.6 Å². The Balaban J connectivity index is 2.16. The van der Waals surface area contributed by atoms with E-state index in [-0.39, 0.29) is 5.91 Å². The lowest BCUT2D eigenvalue weighted by molar-refractivity contribution is 0.0667. The van der Waals surface area contributed by atoms with Crippen molar-refractivity contribution in [2.75, 3.05) is 6.54 Å². The van der Waals surface area contributed by atoms with Crippen LogP contribution in [0.5, 0.6) is 0 Å². The molecule has 1 aromatic heterocycles. The van der Waals surface area contributed by atoms with E-state index < -0.39 is 0 Å². The molecule has 0 saturated carbocycles. The van der Waals surface area contributed by atoms with Crippen molar-refractivity contribution >= 4 is 5.91 Å². The molecular weight excluding hydrogens is 216 g/mol. The number of hydrogen-bond donors (Lipinski definition) is 0. The Bertz CT molecular complexity index is 400. The van der Waals surface area contributed by atoms with Crippen LogP contribution in [-0.4, -0.2) is 28.6 Å². The van der Waals surface area contributed by atoms with E-state index in [0.717, 1.165) is 13.0 Å². The summed E-state index contributed by atoms with van der Waals surface area (Å²) in [7, 11) is 0. The number of nitrogens with zero attached hydrogens (tertiary/aromatic N) is 2. The molecule has 94 valence electrons. The minimum atomic E-state index is 0.00287. The largest absolute Gasteiger partial charge is 0.361 e. The first kappa shape index (κ1) is 12.1. The molecule has 2 rings (SSSR count). The molecule has 2 atom stereocenters. The first-order valence-corrected chi connectivity index (χ1v) is 6.32. The maximum atomic E-state index is 12.3. The zero-order chi connectivity index (χ0) is 12.4. The molecule has 1 aliphatic rings. The van der Waals surface area contributed by atoms with Gasteiger partial charge in [0.05, 0.1) is 0 Å². The highest BCUT2D eigenvalue weighted by molar-refractivity contribution is 5.92. The number of carbonyl (C=O) groups is 1. The van der Waals surface area contributed by atoms with Crippen LogP contribution in [0.25, 0.3) is 0 Å². The van der Waals surface area contributed by atoms with Gasteiger partial charge in [0.25, 0.3) is 5.91 Å². The summed E-state index contributed by atoms with van der Waals surface area (Å²) in [5, 5.41) is 3.81. The average Bonchev–Trinajstić information content (AvgIpc) is 2.64. The summed E-state index contributed by atoms with van der Waals surface area (Å²) < 4.78 is 4.97. The molecule has 0 aromatic carbocycles. The number of rotatable bonds is 1. The number of carbonyl (C=O) groups excluding carboxylic acids is 1. The number of hydrogen-bond acceptors (Lipinski definition) is 3. The second kappa shape index (κ2) is 4.90. The quantitative estimate of drug-likeness (QED) is 0.753. The lowest BCUT2D eigenvalue weighted by atomic mass is 10.1. The monoisotopic (exact) mass is 236 g/mol. The number of aryl methyl sites for hydroxylation is 1. The Kier molecular flexibility index (Phi) is 3.50. The van der Waals surface area contributed by atoms with Gasteiger partial charge in [-0.15, -0.1) is 0 Å². The molecule has 0 bridgehead atoms. The second-order valence-corrected chi connectivity index (χ2v) is 5.17. The summed E-state index contributed by atoms with van der Waals surface area (Å²) >= 11 is 0. The summed E-state index contributed by atoms with van der Waals surface area (Å²) in [5.41, 5.74) is 0.434. The van der Waals surface area contributed by atoms with E-state index in [1.54, 1.807) is 13.0 Å².